The maximum atomic E-state index is 10.2. The van der Waals surface area contributed by atoms with Gasteiger partial charge in [0.1, 0.15) is 0 Å². The maximum Gasteiger partial charge on any atom is 0.306 e. The molecule has 0 aromatic carbocycles. The molecule has 4 nitrogen and oxygen atoms in total. The molecule has 94 valence electrons. The molecule has 2 saturated carbocycles. The Labute approximate surface area is 122 Å². The predicted molar refractivity (Wildman–Crippen MR) is 59.2 cm³/mol. The van der Waals surface area contributed by atoms with Crippen molar-refractivity contribution in [2.24, 2.45) is 11.8 Å². The van der Waals surface area contributed by atoms with E-state index in [9.17, 15) is 9.59 Å². The monoisotopic (exact) mass is 342 g/mol. The largest absolute Gasteiger partial charge is 0.481 e. The number of aliphatic carboxylic acids is 2. The molecule has 0 bridgehead atoms. The van der Waals surface area contributed by atoms with Crippen LogP contribution in [-0.2, 0) is 36.9 Å². The summed E-state index contributed by atoms with van der Waals surface area (Å²) < 4.78 is 0. The molecule has 0 unspecified atom stereocenters. The zero-order chi connectivity index (χ0) is 12.0. The normalized spacial score (nSPS) is 20.2. The van der Waals surface area contributed by atoms with Crippen molar-refractivity contribution in [3.05, 3.63) is 0 Å². The van der Waals surface area contributed by atoms with Crippen LogP contribution in [0.15, 0.2) is 0 Å². The van der Waals surface area contributed by atoms with E-state index in [0.717, 1.165) is 51.4 Å². The molecule has 0 saturated heterocycles. The molecular weight excluding hydrogens is 321 g/mol. The van der Waals surface area contributed by atoms with E-state index in [4.69, 9.17) is 10.2 Å². The Morgan fingerprint density at radius 1 is 0.706 bits per heavy atom. The van der Waals surface area contributed by atoms with Gasteiger partial charge >= 0.3 is 11.9 Å². The van der Waals surface area contributed by atoms with Crippen LogP contribution < -0.4 is 0 Å². The third-order valence-corrected chi connectivity index (χ3v) is 3.41. The van der Waals surface area contributed by atoms with E-state index in [1.807, 2.05) is 0 Å². The molecule has 0 aromatic heterocycles. The molecule has 0 amide bonds. The van der Waals surface area contributed by atoms with Crippen LogP contribution in [0.4, 0.5) is 0 Å². The summed E-state index contributed by atoms with van der Waals surface area (Å²) in [5.74, 6) is -1.25. The van der Waals surface area contributed by atoms with Crippen molar-refractivity contribution >= 4 is 11.9 Å². The SMILES string of the molecule is O=C(O)C1CCCC1.O=C(O)C1CCCC1.[Cd]. The van der Waals surface area contributed by atoms with Crippen molar-refractivity contribution in [1.29, 1.82) is 0 Å². The van der Waals surface area contributed by atoms with Gasteiger partial charge in [-0.25, -0.2) is 0 Å². The minimum Gasteiger partial charge on any atom is -0.481 e. The third kappa shape index (κ3) is 6.38. The van der Waals surface area contributed by atoms with E-state index in [-0.39, 0.29) is 39.1 Å². The first-order valence-electron chi connectivity index (χ1n) is 6.07. The van der Waals surface area contributed by atoms with E-state index >= 15 is 0 Å². The van der Waals surface area contributed by atoms with Gasteiger partial charge in [0.25, 0.3) is 0 Å². The molecule has 2 fully saturated rings. The van der Waals surface area contributed by atoms with E-state index in [0.29, 0.717) is 0 Å². The van der Waals surface area contributed by atoms with Crippen LogP contribution in [-0.4, -0.2) is 22.2 Å². The summed E-state index contributed by atoms with van der Waals surface area (Å²) >= 11 is 0. The van der Waals surface area contributed by atoms with Gasteiger partial charge in [-0.2, -0.15) is 0 Å². The van der Waals surface area contributed by atoms with Gasteiger partial charge in [0.15, 0.2) is 0 Å². The quantitative estimate of drug-likeness (QED) is 0.757. The molecule has 0 aromatic rings. The number of hydrogen-bond acceptors (Lipinski definition) is 2. The second kappa shape index (κ2) is 8.88. The van der Waals surface area contributed by atoms with Gasteiger partial charge in [-0.1, -0.05) is 25.7 Å². The van der Waals surface area contributed by atoms with Crippen LogP contribution in [0.2, 0.25) is 0 Å². The molecule has 17 heavy (non-hydrogen) atoms. The summed E-state index contributed by atoms with van der Waals surface area (Å²) in [4.78, 5) is 20.4. The van der Waals surface area contributed by atoms with E-state index < -0.39 is 11.9 Å². The predicted octanol–water partition coefficient (Wildman–Crippen LogP) is 2.52. The van der Waals surface area contributed by atoms with Crippen LogP contribution in [0.5, 0.6) is 0 Å². The molecule has 5 heteroatoms. The standard InChI is InChI=1S/2C6H10O2.Cd/c2*7-6(8)5-3-1-2-4-5;/h2*5H,1-4H2,(H,7,8);. The summed E-state index contributed by atoms with van der Waals surface area (Å²) in [5, 5.41) is 16.8. The van der Waals surface area contributed by atoms with Crippen molar-refractivity contribution in [3.8, 4) is 0 Å². The van der Waals surface area contributed by atoms with Crippen molar-refractivity contribution in [2.75, 3.05) is 0 Å². The number of rotatable bonds is 2. The number of carboxylic acids is 2. The molecule has 2 aliphatic rings. The summed E-state index contributed by atoms with van der Waals surface area (Å²) in [5.41, 5.74) is 0. The van der Waals surface area contributed by atoms with Gasteiger partial charge in [-0.3, -0.25) is 9.59 Å². The molecule has 0 spiro atoms. The Balaban J connectivity index is 0.000000284. The summed E-state index contributed by atoms with van der Waals surface area (Å²) in [6.45, 7) is 0. The Morgan fingerprint density at radius 2 is 0.941 bits per heavy atom. The molecule has 2 aliphatic carbocycles. The van der Waals surface area contributed by atoms with Crippen molar-refractivity contribution in [3.63, 3.8) is 0 Å². The zero-order valence-corrected chi connectivity index (χ0v) is 14.3. The van der Waals surface area contributed by atoms with Crippen LogP contribution in [0.1, 0.15) is 51.4 Å². The van der Waals surface area contributed by atoms with Crippen molar-refractivity contribution in [1.82, 2.24) is 0 Å². The fraction of sp³-hybridized carbons (Fsp3) is 0.833. The molecule has 0 aliphatic heterocycles. The molecule has 2 N–H and O–H groups in total. The van der Waals surface area contributed by atoms with Gasteiger partial charge in [0.2, 0.25) is 0 Å². The second-order valence-corrected chi connectivity index (χ2v) is 4.64. The van der Waals surface area contributed by atoms with Crippen LogP contribution >= 0.6 is 0 Å². The molecular formula is C12H20CdO4. The first-order chi connectivity index (χ1) is 7.61. The number of carboxylic acid groups (broad SMARTS) is 2. The first kappa shape index (κ1) is 16.9. The molecule has 0 radical (unpaired) electrons. The number of carbonyl (C=O) groups is 2. The van der Waals surface area contributed by atoms with Crippen LogP contribution in [0, 0.1) is 11.8 Å². The first-order valence-corrected chi connectivity index (χ1v) is 6.07. The van der Waals surface area contributed by atoms with Crippen LogP contribution in [0.3, 0.4) is 0 Å². The Kier molecular flexibility index (Phi) is 8.81. The van der Waals surface area contributed by atoms with Gasteiger partial charge in [-0.15, -0.1) is 0 Å². The Bertz CT molecular complexity index is 217. The zero-order valence-electron chi connectivity index (χ0n) is 10.2. The molecule has 0 atom stereocenters. The van der Waals surface area contributed by atoms with Gasteiger partial charge in [-0.05, 0) is 25.7 Å². The molecule has 0 heterocycles. The van der Waals surface area contributed by atoms with E-state index in [1.54, 1.807) is 0 Å². The fourth-order valence-corrected chi connectivity index (χ4v) is 2.35. The Morgan fingerprint density at radius 3 is 1.06 bits per heavy atom. The maximum absolute atomic E-state index is 10.2. The van der Waals surface area contributed by atoms with Gasteiger partial charge in [0, 0.05) is 27.3 Å². The van der Waals surface area contributed by atoms with Gasteiger partial charge in [0.05, 0.1) is 11.8 Å². The summed E-state index contributed by atoms with van der Waals surface area (Å²) in [6, 6.07) is 0. The number of hydrogen-bond donors (Lipinski definition) is 2. The minimum absolute atomic E-state index is 0. The average Bonchev–Trinajstić information content (AvgIpc) is 2.93. The van der Waals surface area contributed by atoms with Crippen LogP contribution in [0.25, 0.3) is 0 Å². The van der Waals surface area contributed by atoms with E-state index in [2.05, 4.69) is 0 Å². The summed E-state index contributed by atoms with van der Waals surface area (Å²) in [7, 11) is 0. The second-order valence-electron chi connectivity index (χ2n) is 4.64. The topological polar surface area (TPSA) is 74.6 Å². The molecule has 2 rings (SSSR count). The van der Waals surface area contributed by atoms with Gasteiger partial charge < -0.3 is 10.2 Å². The smallest absolute Gasteiger partial charge is 0.306 e. The average molecular weight is 341 g/mol. The van der Waals surface area contributed by atoms with E-state index in [1.165, 1.54) is 0 Å². The summed E-state index contributed by atoms with van der Waals surface area (Å²) in [6.07, 6.45) is 8.02. The van der Waals surface area contributed by atoms with Crippen molar-refractivity contribution in [2.45, 2.75) is 51.4 Å². The fourth-order valence-electron chi connectivity index (χ4n) is 2.35. The minimum atomic E-state index is -0.609. The third-order valence-electron chi connectivity index (χ3n) is 3.41. The van der Waals surface area contributed by atoms with Crippen molar-refractivity contribution < 1.29 is 47.1 Å². The Hall–Kier alpha value is -0.138.